The monoisotopic (exact) mass is 254 g/mol. The minimum Gasteiger partial charge on any atom is -0.334 e. The lowest BCUT2D eigenvalue weighted by Gasteiger charge is -1.97. The van der Waals surface area contributed by atoms with E-state index in [-0.39, 0.29) is 0 Å². The molecule has 3 heterocycles. The molecule has 3 rings (SSSR count). The Balaban J connectivity index is 1.97. The van der Waals surface area contributed by atoms with Gasteiger partial charge in [-0.1, -0.05) is 5.16 Å². The molecule has 0 radical (unpaired) electrons. The molecular weight excluding hydrogens is 244 g/mol. The van der Waals surface area contributed by atoms with Crippen molar-refractivity contribution in [2.24, 2.45) is 5.73 Å². The van der Waals surface area contributed by atoms with Crippen molar-refractivity contribution in [2.45, 2.75) is 6.54 Å². The Bertz CT molecular complexity index is 681. The van der Waals surface area contributed by atoms with Crippen LogP contribution in [0.15, 0.2) is 41.4 Å². The van der Waals surface area contributed by atoms with Gasteiger partial charge in [0.1, 0.15) is 12.0 Å². The number of nitrogens with zero attached hydrogens (tertiary/aromatic N) is 5. The van der Waals surface area contributed by atoms with E-state index in [1.165, 1.54) is 6.33 Å². The Morgan fingerprint density at radius 2 is 2.11 bits per heavy atom. The average Bonchev–Trinajstić information content (AvgIpc) is 2.98. The van der Waals surface area contributed by atoms with E-state index in [0.717, 1.165) is 11.3 Å². The summed E-state index contributed by atoms with van der Waals surface area (Å²) in [5.74, 6) is 0.828. The summed E-state index contributed by atoms with van der Waals surface area (Å²) in [5, 5.41) is 3.89. The number of rotatable bonds is 3. The Kier molecular flexibility index (Phi) is 2.95. The highest BCUT2D eigenvalue weighted by Crippen LogP contribution is 2.20. The van der Waals surface area contributed by atoms with Crippen molar-refractivity contribution in [3.05, 3.63) is 42.6 Å². The smallest absolute Gasteiger partial charge is 0.258 e. The van der Waals surface area contributed by atoms with Crippen LogP contribution in [0.3, 0.4) is 0 Å². The lowest BCUT2D eigenvalue weighted by atomic mass is 10.2. The minimum absolute atomic E-state index is 0.362. The van der Waals surface area contributed by atoms with Gasteiger partial charge in [0.2, 0.25) is 5.82 Å². The van der Waals surface area contributed by atoms with Crippen molar-refractivity contribution in [1.82, 2.24) is 25.1 Å². The lowest BCUT2D eigenvalue weighted by molar-refractivity contribution is 0.432. The first kappa shape index (κ1) is 11.4. The van der Waals surface area contributed by atoms with Crippen molar-refractivity contribution >= 4 is 0 Å². The molecule has 3 aromatic rings. The summed E-state index contributed by atoms with van der Waals surface area (Å²) >= 11 is 0. The zero-order valence-electron chi connectivity index (χ0n) is 9.89. The molecular formula is C12H10N6O. The summed E-state index contributed by atoms with van der Waals surface area (Å²) in [6, 6.07) is 5.32. The Morgan fingerprint density at radius 3 is 2.89 bits per heavy atom. The maximum Gasteiger partial charge on any atom is 0.258 e. The molecule has 0 aromatic carbocycles. The molecule has 94 valence electrons. The summed E-state index contributed by atoms with van der Waals surface area (Å²) in [6.45, 7) is 0.362. The quantitative estimate of drug-likeness (QED) is 0.744. The standard InChI is InChI=1S/C12H10N6O/c13-6-9-5-8(1-4-15-9)12-17-11(18-19-12)10-2-3-14-7-16-10/h1-5,7H,6,13H2. The van der Waals surface area contributed by atoms with Crippen LogP contribution in [0, 0.1) is 0 Å². The van der Waals surface area contributed by atoms with Gasteiger partial charge in [-0.3, -0.25) is 4.98 Å². The van der Waals surface area contributed by atoms with E-state index in [1.807, 2.05) is 6.07 Å². The fourth-order valence-electron chi connectivity index (χ4n) is 1.59. The second-order valence-electron chi connectivity index (χ2n) is 3.76. The maximum absolute atomic E-state index is 5.55. The highest BCUT2D eigenvalue weighted by molar-refractivity contribution is 5.56. The molecule has 0 saturated heterocycles. The van der Waals surface area contributed by atoms with Crippen LogP contribution in [0.25, 0.3) is 23.0 Å². The molecule has 0 aliphatic rings. The summed E-state index contributed by atoms with van der Waals surface area (Å²) in [5.41, 5.74) is 7.70. The Morgan fingerprint density at radius 1 is 1.16 bits per heavy atom. The third-order valence-electron chi connectivity index (χ3n) is 2.51. The molecule has 0 aliphatic heterocycles. The van der Waals surface area contributed by atoms with Gasteiger partial charge in [0.15, 0.2) is 0 Å². The van der Waals surface area contributed by atoms with Crippen molar-refractivity contribution in [2.75, 3.05) is 0 Å². The van der Waals surface area contributed by atoms with Gasteiger partial charge in [0.05, 0.1) is 5.69 Å². The summed E-state index contributed by atoms with van der Waals surface area (Å²) < 4.78 is 5.21. The van der Waals surface area contributed by atoms with Crippen LogP contribution in [0.4, 0.5) is 0 Å². The van der Waals surface area contributed by atoms with Gasteiger partial charge in [0.25, 0.3) is 5.89 Å². The van der Waals surface area contributed by atoms with E-state index in [4.69, 9.17) is 10.3 Å². The molecule has 0 aliphatic carbocycles. The van der Waals surface area contributed by atoms with Gasteiger partial charge in [-0.25, -0.2) is 9.97 Å². The first-order valence-corrected chi connectivity index (χ1v) is 5.62. The van der Waals surface area contributed by atoms with Gasteiger partial charge < -0.3 is 10.3 Å². The molecule has 2 N–H and O–H groups in total. The van der Waals surface area contributed by atoms with E-state index < -0.39 is 0 Å². The summed E-state index contributed by atoms with van der Waals surface area (Å²) in [7, 11) is 0. The molecule has 0 bridgehead atoms. The fraction of sp³-hybridized carbons (Fsp3) is 0.0833. The van der Waals surface area contributed by atoms with Crippen LogP contribution in [-0.4, -0.2) is 25.1 Å². The molecule has 0 amide bonds. The summed E-state index contributed by atoms with van der Waals surface area (Å²) in [6.07, 6.45) is 4.72. The third kappa shape index (κ3) is 2.31. The second kappa shape index (κ2) is 4.91. The Labute approximate surface area is 108 Å². The number of aromatic nitrogens is 5. The SMILES string of the molecule is NCc1cc(-c2nc(-c3ccncn3)no2)ccn1. The maximum atomic E-state index is 5.55. The molecule has 3 aromatic heterocycles. The van der Waals surface area contributed by atoms with Crippen molar-refractivity contribution in [3.8, 4) is 23.0 Å². The minimum atomic E-state index is 0.362. The molecule has 19 heavy (non-hydrogen) atoms. The van der Waals surface area contributed by atoms with E-state index in [0.29, 0.717) is 24.0 Å². The predicted molar refractivity (Wildman–Crippen MR) is 66.4 cm³/mol. The normalized spacial score (nSPS) is 10.6. The first-order valence-electron chi connectivity index (χ1n) is 5.62. The number of pyridine rings is 1. The van der Waals surface area contributed by atoms with Crippen LogP contribution in [0.1, 0.15) is 5.69 Å². The van der Waals surface area contributed by atoms with Gasteiger partial charge >= 0.3 is 0 Å². The van der Waals surface area contributed by atoms with E-state index in [9.17, 15) is 0 Å². The molecule has 7 heteroatoms. The summed E-state index contributed by atoms with van der Waals surface area (Å²) in [4.78, 5) is 16.3. The van der Waals surface area contributed by atoms with Gasteiger partial charge in [0, 0.05) is 24.5 Å². The largest absolute Gasteiger partial charge is 0.334 e. The topological polar surface area (TPSA) is 104 Å². The van der Waals surface area contributed by atoms with Crippen molar-refractivity contribution in [3.63, 3.8) is 0 Å². The lowest BCUT2D eigenvalue weighted by Crippen LogP contribution is -1.98. The average molecular weight is 254 g/mol. The second-order valence-corrected chi connectivity index (χ2v) is 3.76. The molecule has 7 nitrogen and oxygen atoms in total. The van der Waals surface area contributed by atoms with Gasteiger partial charge in [-0.15, -0.1) is 0 Å². The Hall–Kier alpha value is -2.67. The van der Waals surface area contributed by atoms with Gasteiger partial charge in [-0.05, 0) is 18.2 Å². The zero-order valence-corrected chi connectivity index (χ0v) is 9.89. The number of hydrogen-bond acceptors (Lipinski definition) is 7. The van der Waals surface area contributed by atoms with Crippen molar-refractivity contribution in [1.29, 1.82) is 0 Å². The van der Waals surface area contributed by atoms with Crippen LogP contribution < -0.4 is 5.73 Å². The van der Waals surface area contributed by atoms with Crippen LogP contribution in [-0.2, 0) is 6.54 Å². The van der Waals surface area contributed by atoms with Crippen molar-refractivity contribution < 1.29 is 4.52 Å². The number of nitrogens with two attached hydrogens (primary N) is 1. The van der Waals surface area contributed by atoms with Crippen LogP contribution in [0.5, 0.6) is 0 Å². The predicted octanol–water partition coefficient (Wildman–Crippen LogP) is 1.05. The highest BCUT2D eigenvalue weighted by atomic mass is 16.5. The van der Waals surface area contributed by atoms with Crippen LogP contribution >= 0.6 is 0 Å². The molecule has 0 spiro atoms. The van der Waals surface area contributed by atoms with Gasteiger partial charge in [-0.2, -0.15) is 4.98 Å². The van der Waals surface area contributed by atoms with E-state index >= 15 is 0 Å². The van der Waals surface area contributed by atoms with E-state index in [1.54, 1.807) is 24.5 Å². The first-order chi connectivity index (χ1) is 9.36. The van der Waals surface area contributed by atoms with E-state index in [2.05, 4.69) is 25.1 Å². The van der Waals surface area contributed by atoms with Crippen LogP contribution in [0.2, 0.25) is 0 Å². The molecule has 0 fully saturated rings. The zero-order chi connectivity index (χ0) is 13.1. The highest BCUT2D eigenvalue weighted by Gasteiger charge is 2.11. The molecule has 0 atom stereocenters. The molecule has 0 unspecified atom stereocenters. The fourth-order valence-corrected chi connectivity index (χ4v) is 1.59. The third-order valence-corrected chi connectivity index (χ3v) is 2.51. The molecule has 0 saturated carbocycles. The number of hydrogen-bond donors (Lipinski definition) is 1.